The van der Waals surface area contributed by atoms with Crippen molar-refractivity contribution >= 4 is 5.91 Å². The predicted octanol–water partition coefficient (Wildman–Crippen LogP) is 1.40. The van der Waals surface area contributed by atoms with Crippen LogP contribution in [-0.2, 0) is 9.53 Å². The van der Waals surface area contributed by atoms with E-state index in [-0.39, 0.29) is 5.92 Å². The molecule has 3 unspecified atom stereocenters. The summed E-state index contributed by atoms with van der Waals surface area (Å²) in [6.07, 6.45) is 5.55. The van der Waals surface area contributed by atoms with Crippen LogP contribution in [0.5, 0.6) is 0 Å². The number of nitrogens with one attached hydrogen (secondary N) is 1. The summed E-state index contributed by atoms with van der Waals surface area (Å²) in [6.45, 7) is 5.83. The Labute approximate surface area is 115 Å². The second kappa shape index (κ2) is 5.80. The first-order valence-corrected chi connectivity index (χ1v) is 7.85. The zero-order valence-electron chi connectivity index (χ0n) is 11.9. The highest BCUT2D eigenvalue weighted by molar-refractivity contribution is 5.79. The molecule has 2 aliphatic heterocycles. The molecule has 3 aliphatic rings. The molecule has 0 spiro atoms. The SMILES string of the molecule is CC1CC(C(=O)N(CC2CCOC2)C2CC2)CCN1. The number of piperidine rings is 1. The summed E-state index contributed by atoms with van der Waals surface area (Å²) in [5.74, 6) is 1.24. The van der Waals surface area contributed by atoms with E-state index in [0.717, 1.165) is 45.6 Å². The lowest BCUT2D eigenvalue weighted by atomic mass is 9.91. The lowest BCUT2D eigenvalue weighted by molar-refractivity contribution is -0.138. The van der Waals surface area contributed by atoms with E-state index < -0.39 is 0 Å². The van der Waals surface area contributed by atoms with Crippen LogP contribution in [0.2, 0.25) is 0 Å². The van der Waals surface area contributed by atoms with Crippen molar-refractivity contribution in [3.63, 3.8) is 0 Å². The zero-order chi connectivity index (χ0) is 13.2. The maximum absolute atomic E-state index is 12.8. The fourth-order valence-corrected chi connectivity index (χ4v) is 3.40. The van der Waals surface area contributed by atoms with Gasteiger partial charge in [0.05, 0.1) is 6.61 Å². The van der Waals surface area contributed by atoms with Gasteiger partial charge in [-0.25, -0.2) is 0 Å². The van der Waals surface area contributed by atoms with Gasteiger partial charge in [-0.05, 0) is 45.6 Å². The van der Waals surface area contributed by atoms with Crippen LogP contribution in [-0.4, -0.2) is 49.2 Å². The molecule has 4 nitrogen and oxygen atoms in total. The van der Waals surface area contributed by atoms with Gasteiger partial charge in [0.25, 0.3) is 0 Å². The van der Waals surface area contributed by atoms with Crippen LogP contribution in [0.25, 0.3) is 0 Å². The summed E-state index contributed by atoms with van der Waals surface area (Å²) in [6, 6.07) is 1.02. The maximum atomic E-state index is 12.8. The van der Waals surface area contributed by atoms with Gasteiger partial charge in [-0.15, -0.1) is 0 Å². The van der Waals surface area contributed by atoms with Crippen LogP contribution in [0.15, 0.2) is 0 Å². The molecule has 0 radical (unpaired) electrons. The number of rotatable bonds is 4. The Hall–Kier alpha value is -0.610. The highest BCUT2D eigenvalue weighted by atomic mass is 16.5. The highest BCUT2D eigenvalue weighted by Gasteiger charge is 2.38. The molecule has 19 heavy (non-hydrogen) atoms. The van der Waals surface area contributed by atoms with Gasteiger partial charge < -0.3 is 15.0 Å². The molecule has 3 fully saturated rings. The van der Waals surface area contributed by atoms with Gasteiger partial charge in [-0.3, -0.25) is 4.79 Å². The average Bonchev–Trinajstić information content (AvgIpc) is 3.12. The van der Waals surface area contributed by atoms with Crippen LogP contribution in [0.3, 0.4) is 0 Å². The molecule has 108 valence electrons. The van der Waals surface area contributed by atoms with Crippen LogP contribution in [0.1, 0.15) is 39.0 Å². The number of carbonyl (C=O) groups is 1. The Morgan fingerprint density at radius 3 is 2.79 bits per heavy atom. The average molecular weight is 266 g/mol. The quantitative estimate of drug-likeness (QED) is 0.836. The summed E-state index contributed by atoms with van der Waals surface area (Å²) in [5, 5.41) is 3.43. The first-order valence-electron chi connectivity index (χ1n) is 7.85. The third-order valence-corrected chi connectivity index (χ3v) is 4.72. The monoisotopic (exact) mass is 266 g/mol. The molecular formula is C15H26N2O2. The predicted molar refractivity (Wildman–Crippen MR) is 73.8 cm³/mol. The molecule has 0 bridgehead atoms. The lowest BCUT2D eigenvalue weighted by Crippen LogP contribution is -2.46. The zero-order valence-corrected chi connectivity index (χ0v) is 11.9. The van der Waals surface area contributed by atoms with E-state index in [1.54, 1.807) is 0 Å². The minimum absolute atomic E-state index is 0.249. The minimum atomic E-state index is 0.249. The number of amides is 1. The van der Waals surface area contributed by atoms with Crippen molar-refractivity contribution in [2.45, 2.75) is 51.1 Å². The Balaban J connectivity index is 1.60. The van der Waals surface area contributed by atoms with Crippen molar-refractivity contribution in [3.05, 3.63) is 0 Å². The van der Waals surface area contributed by atoms with Crippen molar-refractivity contribution < 1.29 is 9.53 Å². The molecule has 3 atom stereocenters. The first kappa shape index (κ1) is 13.4. The third kappa shape index (κ3) is 3.29. The first-order chi connectivity index (χ1) is 9.24. The van der Waals surface area contributed by atoms with Gasteiger partial charge in [0, 0.05) is 37.1 Å². The summed E-state index contributed by atoms with van der Waals surface area (Å²) >= 11 is 0. The van der Waals surface area contributed by atoms with E-state index in [4.69, 9.17) is 4.74 Å². The molecular weight excluding hydrogens is 240 g/mol. The second-order valence-electron chi connectivity index (χ2n) is 6.53. The number of hydrogen-bond donors (Lipinski definition) is 1. The van der Waals surface area contributed by atoms with E-state index >= 15 is 0 Å². The van der Waals surface area contributed by atoms with Crippen LogP contribution in [0, 0.1) is 11.8 Å². The normalized spacial score (nSPS) is 35.3. The molecule has 1 N–H and O–H groups in total. The van der Waals surface area contributed by atoms with E-state index in [0.29, 0.717) is 23.9 Å². The summed E-state index contributed by atoms with van der Waals surface area (Å²) in [4.78, 5) is 15.0. The van der Waals surface area contributed by atoms with Gasteiger partial charge in [0.2, 0.25) is 5.91 Å². The molecule has 3 rings (SSSR count). The summed E-state index contributed by atoms with van der Waals surface area (Å²) in [5.41, 5.74) is 0. The Kier molecular flexibility index (Phi) is 4.08. The Bertz CT molecular complexity index is 324. The molecule has 0 aromatic carbocycles. The number of nitrogens with zero attached hydrogens (tertiary/aromatic N) is 1. The fraction of sp³-hybridized carbons (Fsp3) is 0.933. The topological polar surface area (TPSA) is 41.6 Å². The van der Waals surface area contributed by atoms with Crippen LogP contribution in [0.4, 0.5) is 0 Å². The van der Waals surface area contributed by atoms with Gasteiger partial charge in [-0.2, -0.15) is 0 Å². The second-order valence-corrected chi connectivity index (χ2v) is 6.53. The van der Waals surface area contributed by atoms with E-state index in [1.165, 1.54) is 12.8 Å². The van der Waals surface area contributed by atoms with Crippen molar-refractivity contribution in [2.24, 2.45) is 11.8 Å². The maximum Gasteiger partial charge on any atom is 0.226 e. The molecule has 2 heterocycles. The van der Waals surface area contributed by atoms with Gasteiger partial charge in [0.1, 0.15) is 0 Å². The number of ether oxygens (including phenoxy) is 1. The summed E-state index contributed by atoms with van der Waals surface area (Å²) in [7, 11) is 0. The van der Waals surface area contributed by atoms with Gasteiger partial charge in [0.15, 0.2) is 0 Å². The van der Waals surface area contributed by atoms with E-state index in [9.17, 15) is 4.79 Å². The molecule has 4 heteroatoms. The fourth-order valence-electron chi connectivity index (χ4n) is 3.40. The molecule has 1 aliphatic carbocycles. The largest absolute Gasteiger partial charge is 0.381 e. The van der Waals surface area contributed by atoms with Gasteiger partial charge in [-0.1, -0.05) is 0 Å². The Morgan fingerprint density at radius 2 is 2.16 bits per heavy atom. The lowest BCUT2D eigenvalue weighted by Gasteiger charge is -2.33. The molecule has 1 saturated carbocycles. The number of carbonyl (C=O) groups excluding carboxylic acids is 1. The standard InChI is InChI=1S/C15H26N2O2/c1-11-8-13(4-6-16-11)15(18)17(14-2-3-14)9-12-5-7-19-10-12/h11-14,16H,2-10H2,1H3. The van der Waals surface area contributed by atoms with E-state index in [2.05, 4.69) is 17.1 Å². The van der Waals surface area contributed by atoms with Crippen LogP contribution < -0.4 is 5.32 Å². The number of hydrogen-bond acceptors (Lipinski definition) is 3. The van der Waals surface area contributed by atoms with Gasteiger partial charge >= 0.3 is 0 Å². The Morgan fingerprint density at radius 1 is 1.32 bits per heavy atom. The molecule has 0 aromatic rings. The van der Waals surface area contributed by atoms with Crippen molar-refractivity contribution in [2.75, 3.05) is 26.3 Å². The summed E-state index contributed by atoms with van der Waals surface area (Å²) < 4.78 is 5.45. The van der Waals surface area contributed by atoms with E-state index in [1.807, 2.05) is 0 Å². The van der Waals surface area contributed by atoms with Crippen molar-refractivity contribution in [1.82, 2.24) is 10.2 Å². The van der Waals surface area contributed by atoms with Crippen molar-refractivity contribution in [3.8, 4) is 0 Å². The third-order valence-electron chi connectivity index (χ3n) is 4.72. The minimum Gasteiger partial charge on any atom is -0.381 e. The van der Waals surface area contributed by atoms with Crippen LogP contribution >= 0.6 is 0 Å². The molecule has 1 amide bonds. The smallest absolute Gasteiger partial charge is 0.226 e. The molecule has 2 saturated heterocycles. The van der Waals surface area contributed by atoms with Crippen molar-refractivity contribution in [1.29, 1.82) is 0 Å². The molecule has 0 aromatic heterocycles. The highest BCUT2D eigenvalue weighted by Crippen LogP contribution is 2.32.